The molecule has 0 bridgehead atoms. The van der Waals surface area contributed by atoms with Crippen LogP contribution in [-0.4, -0.2) is 38.0 Å². The van der Waals surface area contributed by atoms with Crippen LogP contribution in [-0.2, 0) is 19.1 Å². The van der Waals surface area contributed by atoms with Crippen molar-refractivity contribution in [3.8, 4) is 11.5 Å². The van der Waals surface area contributed by atoms with Gasteiger partial charge < -0.3 is 18.9 Å². The Labute approximate surface area is 183 Å². The fraction of sp³-hybridized carbons (Fsp3) is 0.182. The van der Waals surface area contributed by atoms with Crippen molar-refractivity contribution in [3.05, 3.63) is 82.2 Å². The van der Waals surface area contributed by atoms with E-state index in [9.17, 15) is 9.59 Å². The molecular weight excluding hydrogens is 431 g/mol. The Morgan fingerprint density at radius 1 is 0.533 bits per heavy atom. The first kappa shape index (κ1) is 21.7. The van der Waals surface area contributed by atoms with E-state index < -0.39 is 21.6 Å². The van der Waals surface area contributed by atoms with Crippen LogP contribution in [0.5, 0.6) is 11.5 Å². The lowest BCUT2D eigenvalue weighted by atomic mass is 10.1. The SMILES string of the molecule is O=C1C(Cl)=C(OCCOc2ccccc2)C(=O)C(OCCOc2ccccc2)=C1Cl. The lowest BCUT2D eigenvalue weighted by Crippen LogP contribution is -2.25. The Morgan fingerprint density at radius 2 is 0.900 bits per heavy atom. The van der Waals surface area contributed by atoms with Crippen molar-refractivity contribution in [1.82, 2.24) is 0 Å². The van der Waals surface area contributed by atoms with Crippen LogP contribution in [0.25, 0.3) is 0 Å². The zero-order valence-electron chi connectivity index (χ0n) is 15.8. The number of ketones is 2. The Hall–Kier alpha value is -2.96. The highest BCUT2D eigenvalue weighted by Crippen LogP contribution is 2.30. The van der Waals surface area contributed by atoms with E-state index in [0.29, 0.717) is 11.5 Å². The number of halogens is 2. The number of hydrogen-bond acceptors (Lipinski definition) is 6. The summed E-state index contributed by atoms with van der Waals surface area (Å²) < 4.78 is 21.8. The molecule has 0 atom stereocenters. The van der Waals surface area contributed by atoms with Crippen LogP contribution in [0.2, 0.25) is 0 Å². The van der Waals surface area contributed by atoms with E-state index in [0.717, 1.165) is 0 Å². The van der Waals surface area contributed by atoms with E-state index in [-0.39, 0.29) is 37.9 Å². The van der Waals surface area contributed by atoms with Crippen molar-refractivity contribution in [2.45, 2.75) is 0 Å². The number of hydrogen-bond donors (Lipinski definition) is 0. The molecule has 6 nitrogen and oxygen atoms in total. The largest absolute Gasteiger partial charge is 0.490 e. The summed E-state index contributed by atoms with van der Waals surface area (Å²) >= 11 is 11.9. The maximum atomic E-state index is 12.7. The highest BCUT2D eigenvalue weighted by molar-refractivity contribution is 6.58. The van der Waals surface area contributed by atoms with Gasteiger partial charge in [-0.15, -0.1) is 0 Å². The first-order valence-corrected chi connectivity index (χ1v) is 9.83. The number of carbonyl (C=O) groups is 2. The number of para-hydroxylation sites is 2. The Kier molecular flexibility index (Phi) is 7.76. The van der Waals surface area contributed by atoms with Gasteiger partial charge in [0.2, 0.25) is 5.78 Å². The summed E-state index contributed by atoms with van der Waals surface area (Å²) in [5.41, 5.74) is 0. The average molecular weight is 449 g/mol. The van der Waals surface area contributed by atoms with E-state index in [1.54, 1.807) is 24.3 Å². The number of allylic oxidation sites excluding steroid dienone is 2. The molecule has 0 unspecified atom stereocenters. The summed E-state index contributed by atoms with van der Waals surface area (Å²) in [6.45, 7) is 0.304. The van der Waals surface area contributed by atoms with Crippen molar-refractivity contribution in [2.24, 2.45) is 0 Å². The lowest BCUT2D eigenvalue weighted by Gasteiger charge is -2.19. The molecule has 0 amide bonds. The van der Waals surface area contributed by atoms with Crippen LogP contribution in [0.15, 0.2) is 82.2 Å². The van der Waals surface area contributed by atoms with E-state index in [4.69, 9.17) is 42.1 Å². The quantitative estimate of drug-likeness (QED) is 0.400. The predicted octanol–water partition coefficient (Wildman–Crippen LogP) is 4.23. The second-order valence-corrected chi connectivity index (χ2v) is 6.72. The van der Waals surface area contributed by atoms with Gasteiger partial charge in [-0.05, 0) is 24.3 Å². The summed E-state index contributed by atoms with van der Waals surface area (Å²) in [5, 5.41) is -0.782. The van der Waals surface area contributed by atoms with Gasteiger partial charge in [-0.25, -0.2) is 0 Å². The zero-order chi connectivity index (χ0) is 21.3. The molecule has 0 radical (unpaired) electrons. The molecule has 30 heavy (non-hydrogen) atoms. The third kappa shape index (κ3) is 5.55. The molecule has 2 aromatic carbocycles. The molecule has 1 aliphatic carbocycles. The van der Waals surface area contributed by atoms with Crippen molar-refractivity contribution in [1.29, 1.82) is 0 Å². The average Bonchev–Trinajstić information content (AvgIpc) is 2.78. The third-order valence-electron chi connectivity index (χ3n) is 3.89. The van der Waals surface area contributed by atoms with Crippen LogP contribution < -0.4 is 9.47 Å². The predicted molar refractivity (Wildman–Crippen MR) is 112 cm³/mol. The van der Waals surface area contributed by atoms with Crippen molar-refractivity contribution >= 4 is 34.8 Å². The maximum absolute atomic E-state index is 12.7. The topological polar surface area (TPSA) is 71.1 Å². The van der Waals surface area contributed by atoms with Gasteiger partial charge >= 0.3 is 0 Å². The van der Waals surface area contributed by atoms with Gasteiger partial charge in [-0.1, -0.05) is 59.6 Å². The standard InChI is InChI=1S/C22H18Cl2O6/c23-17-19(25)18(24)22(30-14-12-28-16-9-5-2-6-10-16)20(26)21(17)29-13-11-27-15-7-3-1-4-8-15/h1-10H,11-14H2. The highest BCUT2D eigenvalue weighted by atomic mass is 35.5. The van der Waals surface area contributed by atoms with Gasteiger partial charge in [-0.2, -0.15) is 0 Å². The third-order valence-corrected chi connectivity index (χ3v) is 4.58. The van der Waals surface area contributed by atoms with Crippen LogP contribution >= 0.6 is 23.2 Å². The molecule has 0 N–H and O–H groups in total. The van der Waals surface area contributed by atoms with Crippen molar-refractivity contribution in [2.75, 3.05) is 26.4 Å². The van der Waals surface area contributed by atoms with Gasteiger partial charge in [0.1, 0.15) is 48.0 Å². The van der Waals surface area contributed by atoms with Crippen molar-refractivity contribution in [3.63, 3.8) is 0 Å². The Morgan fingerprint density at radius 3 is 1.30 bits per heavy atom. The van der Waals surface area contributed by atoms with Gasteiger partial charge in [0.05, 0.1) is 0 Å². The number of ether oxygens (including phenoxy) is 4. The van der Waals surface area contributed by atoms with Crippen LogP contribution in [0.1, 0.15) is 0 Å². The fourth-order valence-corrected chi connectivity index (χ4v) is 3.02. The number of rotatable bonds is 10. The monoisotopic (exact) mass is 448 g/mol. The molecule has 1 aliphatic rings. The van der Waals surface area contributed by atoms with E-state index in [1.807, 2.05) is 36.4 Å². The van der Waals surface area contributed by atoms with E-state index in [1.165, 1.54) is 0 Å². The molecule has 0 fully saturated rings. The smallest absolute Gasteiger partial charge is 0.265 e. The van der Waals surface area contributed by atoms with Gasteiger partial charge in [-0.3, -0.25) is 9.59 Å². The zero-order valence-corrected chi connectivity index (χ0v) is 17.3. The van der Waals surface area contributed by atoms with Gasteiger partial charge in [0.15, 0.2) is 11.5 Å². The summed E-state index contributed by atoms with van der Waals surface area (Å²) in [5.74, 6) is -0.779. The fourth-order valence-electron chi connectivity index (χ4n) is 2.50. The first-order valence-electron chi connectivity index (χ1n) is 9.08. The van der Waals surface area contributed by atoms with Crippen LogP contribution in [0, 0.1) is 0 Å². The number of benzene rings is 2. The van der Waals surface area contributed by atoms with Gasteiger partial charge in [0.25, 0.3) is 5.78 Å². The second-order valence-electron chi connectivity index (χ2n) is 5.96. The molecule has 8 heteroatoms. The maximum Gasteiger partial charge on any atom is 0.265 e. The Bertz CT molecular complexity index is 879. The summed E-state index contributed by atoms with van der Waals surface area (Å²) in [6, 6.07) is 18.2. The molecular formula is C22H18Cl2O6. The van der Waals surface area contributed by atoms with Crippen LogP contribution in [0.4, 0.5) is 0 Å². The molecule has 0 saturated carbocycles. The number of Topliss-reactive ketones (excluding diaryl/α,β-unsaturated/α-hetero) is 2. The van der Waals surface area contributed by atoms with Crippen molar-refractivity contribution < 1.29 is 28.5 Å². The number of carbonyl (C=O) groups excluding carboxylic acids is 2. The summed E-state index contributed by atoms with van der Waals surface area (Å²) in [7, 11) is 0. The molecule has 0 heterocycles. The molecule has 2 aromatic rings. The Balaban J connectivity index is 1.53. The first-order chi connectivity index (χ1) is 14.6. The minimum atomic E-state index is -0.740. The molecule has 0 aliphatic heterocycles. The molecule has 0 spiro atoms. The second kappa shape index (κ2) is 10.7. The molecule has 156 valence electrons. The molecule has 3 rings (SSSR count). The summed E-state index contributed by atoms with van der Waals surface area (Å²) in [4.78, 5) is 24.9. The highest BCUT2D eigenvalue weighted by Gasteiger charge is 2.36. The molecule has 0 aromatic heterocycles. The van der Waals surface area contributed by atoms with E-state index in [2.05, 4.69) is 0 Å². The lowest BCUT2D eigenvalue weighted by molar-refractivity contribution is -0.121. The summed E-state index contributed by atoms with van der Waals surface area (Å²) in [6.07, 6.45) is 0. The minimum Gasteiger partial charge on any atom is -0.490 e. The minimum absolute atomic E-state index is 0.00147. The van der Waals surface area contributed by atoms with Crippen LogP contribution in [0.3, 0.4) is 0 Å². The molecule has 0 saturated heterocycles. The normalized spacial score (nSPS) is 14.1. The van der Waals surface area contributed by atoms with Gasteiger partial charge in [0, 0.05) is 0 Å². The van der Waals surface area contributed by atoms with E-state index >= 15 is 0 Å².